The average molecular weight is 419 g/mol. The van der Waals surface area contributed by atoms with Crippen molar-refractivity contribution in [3.8, 4) is 0 Å². The lowest BCUT2D eigenvalue weighted by Gasteiger charge is -2.64. The summed E-state index contributed by atoms with van der Waals surface area (Å²) >= 11 is 0. The predicted molar refractivity (Wildman–Crippen MR) is 115 cm³/mol. The molecule has 0 aromatic heterocycles. The van der Waals surface area contributed by atoms with Crippen LogP contribution in [0.25, 0.3) is 0 Å². The summed E-state index contributed by atoms with van der Waals surface area (Å²) in [7, 11) is 1.34. The van der Waals surface area contributed by atoms with E-state index in [1.807, 2.05) is 0 Å². The first kappa shape index (κ1) is 21.2. The molecule has 0 radical (unpaired) electrons. The third-order valence-electron chi connectivity index (χ3n) is 9.96. The molecule has 2 bridgehead atoms. The molecule has 168 valence electrons. The number of carbonyl (C=O) groups excluding carboxylic acids is 1. The zero-order valence-corrected chi connectivity index (χ0v) is 19.0. The Morgan fingerprint density at radius 1 is 1.30 bits per heavy atom. The molecule has 3 saturated heterocycles. The molecule has 6 aliphatic rings. The molecule has 8 heteroatoms. The van der Waals surface area contributed by atoms with Gasteiger partial charge in [0.15, 0.2) is 0 Å². The first-order valence-corrected chi connectivity index (χ1v) is 11.8. The first-order valence-electron chi connectivity index (χ1n) is 11.8. The molecule has 3 heterocycles. The second-order valence-electron chi connectivity index (χ2n) is 11.2. The van der Waals surface area contributed by atoms with Gasteiger partial charge in [-0.3, -0.25) is 0 Å². The summed E-state index contributed by atoms with van der Waals surface area (Å²) in [6.07, 6.45) is 6.27. The van der Waals surface area contributed by atoms with Gasteiger partial charge in [0, 0.05) is 24.5 Å². The molecule has 7 nitrogen and oxygen atoms in total. The van der Waals surface area contributed by atoms with Crippen molar-refractivity contribution in [1.82, 2.24) is 10.6 Å². The van der Waals surface area contributed by atoms with E-state index in [0.29, 0.717) is 24.4 Å². The Morgan fingerprint density at radius 3 is 2.80 bits per heavy atom. The quantitative estimate of drug-likeness (QED) is 0.442. The van der Waals surface area contributed by atoms with E-state index < -0.39 is 5.54 Å². The van der Waals surface area contributed by atoms with Crippen molar-refractivity contribution in [3.63, 3.8) is 0 Å². The van der Waals surface area contributed by atoms with Crippen LogP contribution in [-0.2, 0) is 18.8 Å². The van der Waals surface area contributed by atoms with Gasteiger partial charge in [0.1, 0.15) is 5.54 Å². The van der Waals surface area contributed by atoms with E-state index in [0.717, 1.165) is 44.5 Å². The number of hydrogen-bond acceptors (Lipinski definition) is 7. The minimum Gasteiger partial charge on any atom is -0.468 e. The van der Waals surface area contributed by atoms with Crippen LogP contribution < -0.4 is 16.4 Å². The Balaban J connectivity index is 1.26. The van der Waals surface area contributed by atoms with Crippen LogP contribution in [0.5, 0.6) is 0 Å². The van der Waals surface area contributed by atoms with Gasteiger partial charge in [-0.05, 0) is 62.7 Å². The lowest BCUT2D eigenvalue weighted by molar-refractivity contribution is -0.199. The summed E-state index contributed by atoms with van der Waals surface area (Å²) in [6.45, 7) is 8.98. The van der Waals surface area contributed by atoms with Crippen molar-refractivity contribution < 1.29 is 18.8 Å². The Bertz CT molecular complexity index is 722. The second kappa shape index (κ2) is 6.91. The monoisotopic (exact) mass is 419 g/mol. The molecule has 0 aromatic rings. The minimum absolute atomic E-state index is 0.116. The maximum atomic E-state index is 12.8. The number of esters is 1. The van der Waals surface area contributed by atoms with Gasteiger partial charge in [-0.1, -0.05) is 20.3 Å². The molecule has 30 heavy (non-hydrogen) atoms. The zero-order chi connectivity index (χ0) is 21.4. The maximum absolute atomic E-state index is 12.8. The number of ether oxygens (including phenoxy) is 1. The van der Waals surface area contributed by atoms with Gasteiger partial charge in [-0.15, -0.1) is 0 Å². The number of carbonyl (C=O) groups is 1. The van der Waals surface area contributed by atoms with Crippen LogP contribution in [0.3, 0.4) is 0 Å². The fraction of sp³-hybridized carbons (Fsp3) is 0.955. The Kier molecular flexibility index (Phi) is 4.89. The molecule has 3 aliphatic heterocycles. The van der Waals surface area contributed by atoms with Gasteiger partial charge in [0.2, 0.25) is 0 Å². The smallest absolute Gasteiger partial charge is 0.457 e. The molecular formula is C22H38BN3O4. The summed E-state index contributed by atoms with van der Waals surface area (Å²) in [5, 5.41) is 6.98. The first-order chi connectivity index (χ1) is 14.2. The molecule has 0 amide bonds. The molecular weight excluding hydrogens is 381 g/mol. The highest BCUT2D eigenvalue weighted by molar-refractivity contribution is 6.45. The second-order valence-corrected chi connectivity index (χ2v) is 11.2. The van der Waals surface area contributed by atoms with E-state index in [1.54, 1.807) is 0 Å². The molecule has 0 aromatic carbocycles. The van der Waals surface area contributed by atoms with Gasteiger partial charge in [-0.2, -0.15) is 0 Å². The van der Waals surface area contributed by atoms with E-state index in [1.165, 1.54) is 13.5 Å². The highest BCUT2D eigenvalue weighted by Crippen LogP contribution is 2.66. The number of rotatable bonds is 6. The van der Waals surface area contributed by atoms with E-state index in [2.05, 4.69) is 31.4 Å². The Morgan fingerprint density at radius 2 is 2.10 bits per heavy atom. The van der Waals surface area contributed by atoms with Crippen molar-refractivity contribution in [2.45, 2.75) is 82.5 Å². The topological polar surface area (TPSA) is 94.8 Å². The number of nitrogens with two attached hydrogens (primary N) is 1. The van der Waals surface area contributed by atoms with Crippen molar-refractivity contribution >= 4 is 13.1 Å². The summed E-state index contributed by atoms with van der Waals surface area (Å²) in [5.74, 6) is 1.18. The molecule has 6 rings (SSSR count). The number of hydrogen-bond donors (Lipinski definition) is 3. The van der Waals surface area contributed by atoms with Crippen molar-refractivity contribution in [3.05, 3.63) is 0 Å². The van der Waals surface area contributed by atoms with Crippen molar-refractivity contribution in [1.29, 1.82) is 0 Å². The van der Waals surface area contributed by atoms with Crippen LogP contribution in [-0.4, -0.2) is 63.1 Å². The molecule has 0 spiro atoms. The Labute approximate surface area is 180 Å². The molecule has 4 N–H and O–H groups in total. The standard InChI is InChI=1S/C22H38BN3O4/c1-19(2)14-10-15(19)20(3)17(11-14)29-23(30-20)8-5-6-21-7-9-26-22(21,18(27)28-4)13-25-16(21)12-24/h14-17,25-26H,5-13,24H2,1-4H3/t14-,15-,16?,17+,20-,21+,22+/m0/s1. The van der Waals surface area contributed by atoms with Crippen LogP contribution in [0.2, 0.25) is 6.32 Å². The van der Waals surface area contributed by atoms with E-state index in [-0.39, 0.29) is 36.2 Å². The maximum Gasteiger partial charge on any atom is 0.457 e. The average Bonchev–Trinajstić information content (AvgIpc) is 3.34. The predicted octanol–water partition coefficient (Wildman–Crippen LogP) is 1.32. The Hall–Kier alpha value is -0.665. The molecule has 3 saturated carbocycles. The van der Waals surface area contributed by atoms with Crippen LogP contribution in [0.4, 0.5) is 0 Å². The van der Waals surface area contributed by atoms with Crippen molar-refractivity contribution in [2.24, 2.45) is 28.4 Å². The van der Waals surface area contributed by atoms with Crippen LogP contribution in [0.1, 0.15) is 52.9 Å². The lowest BCUT2D eigenvalue weighted by Crippen LogP contribution is -2.65. The molecule has 7 atom stereocenters. The third-order valence-corrected chi connectivity index (χ3v) is 9.96. The number of nitrogens with one attached hydrogen (secondary N) is 2. The molecule has 3 aliphatic carbocycles. The third kappa shape index (κ3) is 2.54. The number of methoxy groups -OCH3 is 1. The fourth-order valence-corrected chi connectivity index (χ4v) is 8.07. The fourth-order valence-electron chi connectivity index (χ4n) is 8.07. The van der Waals surface area contributed by atoms with Crippen LogP contribution in [0, 0.1) is 22.7 Å². The van der Waals surface area contributed by atoms with E-state index >= 15 is 0 Å². The SMILES string of the molecule is COC(=O)[C@]12CNC(CN)[C@@]1(CCCB1O[C@@H]3C[C@@H]4C[C@@H](C4(C)C)[C@]3(C)O1)CCN2. The van der Waals surface area contributed by atoms with Gasteiger partial charge in [0.05, 0.1) is 18.8 Å². The zero-order valence-electron chi connectivity index (χ0n) is 19.0. The van der Waals surface area contributed by atoms with Crippen molar-refractivity contribution in [2.75, 3.05) is 26.7 Å². The summed E-state index contributed by atoms with van der Waals surface area (Å²) in [6, 6.07) is 0.116. The van der Waals surface area contributed by atoms with Gasteiger partial charge < -0.3 is 30.4 Å². The normalized spacial score (nSPS) is 48.2. The summed E-state index contributed by atoms with van der Waals surface area (Å²) in [5.41, 5.74) is 5.44. The van der Waals surface area contributed by atoms with E-state index in [9.17, 15) is 4.79 Å². The summed E-state index contributed by atoms with van der Waals surface area (Å²) < 4.78 is 18.2. The molecule has 6 fully saturated rings. The largest absolute Gasteiger partial charge is 0.468 e. The van der Waals surface area contributed by atoms with E-state index in [4.69, 9.17) is 19.8 Å². The van der Waals surface area contributed by atoms with Gasteiger partial charge in [0.25, 0.3) is 0 Å². The lowest BCUT2D eigenvalue weighted by atomic mass is 9.43. The number of fused-ring (bicyclic) bond motifs is 1. The summed E-state index contributed by atoms with van der Waals surface area (Å²) in [4.78, 5) is 12.8. The highest BCUT2D eigenvalue weighted by atomic mass is 16.7. The van der Waals surface area contributed by atoms with Crippen LogP contribution in [0.15, 0.2) is 0 Å². The molecule has 1 unspecified atom stereocenters. The highest BCUT2D eigenvalue weighted by Gasteiger charge is 2.68. The van der Waals surface area contributed by atoms with Gasteiger partial charge >= 0.3 is 13.1 Å². The minimum atomic E-state index is -0.672. The van der Waals surface area contributed by atoms with Gasteiger partial charge in [-0.25, -0.2) is 4.79 Å². The van der Waals surface area contributed by atoms with Crippen LogP contribution >= 0.6 is 0 Å².